The molecule has 1 aromatic heterocycles. The number of sulfonamides is 1. The van der Waals surface area contributed by atoms with Gasteiger partial charge in [-0.15, -0.1) is 0 Å². The molecule has 0 aliphatic carbocycles. The first kappa shape index (κ1) is 19.9. The monoisotopic (exact) mass is 399 g/mol. The molecule has 146 valence electrons. The summed E-state index contributed by atoms with van der Waals surface area (Å²) < 4.78 is 32.1. The van der Waals surface area contributed by atoms with Crippen LogP contribution < -0.4 is 4.72 Å². The van der Waals surface area contributed by atoms with Crippen LogP contribution in [0.2, 0.25) is 0 Å². The number of carbonyl (C=O) groups is 1. The number of para-hydroxylation sites is 2. The maximum atomic E-state index is 12.3. The van der Waals surface area contributed by atoms with Gasteiger partial charge in [0.2, 0.25) is 10.0 Å². The molecule has 3 rings (SSSR count). The Morgan fingerprint density at radius 3 is 2.25 bits per heavy atom. The summed E-state index contributed by atoms with van der Waals surface area (Å²) in [4.78, 5) is 21.3. The summed E-state index contributed by atoms with van der Waals surface area (Å²) in [6.45, 7) is 5.27. The van der Waals surface area contributed by atoms with Crippen LogP contribution in [-0.2, 0) is 21.4 Å². The lowest BCUT2D eigenvalue weighted by Gasteiger charge is -2.10. The second-order valence-electron chi connectivity index (χ2n) is 6.62. The number of fused-ring (bicyclic) bond motifs is 1. The van der Waals surface area contributed by atoms with Crippen molar-refractivity contribution in [1.29, 1.82) is 0 Å². The fraction of sp³-hybridized carbons (Fsp3) is 0.250. The molecule has 0 saturated carbocycles. The maximum Gasteiger partial charge on any atom is 0.338 e. The number of rotatable bonds is 6. The molecular weight excluding hydrogens is 378 g/mol. The summed E-state index contributed by atoms with van der Waals surface area (Å²) in [5, 5.41) is 0. The fourth-order valence-corrected chi connectivity index (χ4v) is 3.88. The summed E-state index contributed by atoms with van der Waals surface area (Å²) >= 11 is 0. The quantitative estimate of drug-likeness (QED) is 0.640. The van der Waals surface area contributed by atoms with Crippen LogP contribution in [0.25, 0.3) is 11.0 Å². The molecule has 0 amide bonds. The third-order valence-corrected chi connectivity index (χ3v) is 5.65. The van der Waals surface area contributed by atoms with Crippen LogP contribution in [0.4, 0.5) is 0 Å². The van der Waals surface area contributed by atoms with Crippen molar-refractivity contribution in [3.63, 3.8) is 0 Å². The Morgan fingerprint density at radius 2 is 1.64 bits per heavy atom. The number of aryl methyl sites for hydroxylation is 1. The highest BCUT2D eigenvalue weighted by Gasteiger charge is 2.17. The third-order valence-electron chi connectivity index (χ3n) is 3.97. The highest BCUT2D eigenvalue weighted by atomic mass is 32.2. The van der Waals surface area contributed by atoms with Crippen molar-refractivity contribution < 1.29 is 17.9 Å². The molecule has 0 aliphatic rings. The first-order valence-corrected chi connectivity index (χ1v) is 10.3. The Kier molecular flexibility index (Phi) is 5.71. The number of nitrogens with one attached hydrogen (secondary N) is 1. The molecule has 7 nitrogen and oxygen atoms in total. The normalized spacial score (nSPS) is 11.7. The van der Waals surface area contributed by atoms with E-state index in [-0.39, 0.29) is 23.1 Å². The average molecular weight is 399 g/mol. The Bertz CT molecular complexity index is 1110. The zero-order valence-corrected chi connectivity index (χ0v) is 16.7. The zero-order chi connectivity index (χ0) is 20.3. The predicted molar refractivity (Wildman–Crippen MR) is 105 cm³/mol. The SMILES string of the molecule is Cc1nc2ccccc2nc1COC(=O)c1ccc(S(=O)(=O)NC(C)C)cc1. The summed E-state index contributed by atoms with van der Waals surface area (Å²) in [5.74, 6) is -0.560. The summed E-state index contributed by atoms with van der Waals surface area (Å²) in [7, 11) is -3.60. The zero-order valence-electron chi connectivity index (χ0n) is 15.8. The van der Waals surface area contributed by atoms with Crippen molar-refractivity contribution >= 4 is 27.0 Å². The second-order valence-corrected chi connectivity index (χ2v) is 8.33. The topological polar surface area (TPSA) is 98.2 Å². The number of ether oxygens (including phenoxy) is 1. The number of aromatic nitrogens is 2. The average Bonchev–Trinajstić information content (AvgIpc) is 2.65. The van der Waals surface area contributed by atoms with Crippen molar-refractivity contribution in [3.05, 3.63) is 65.5 Å². The molecule has 3 aromatic rings. The summed E-state index contributed by atoms with van der Waals surface area (Å²) in [5.41, 5.74) is 3.03. The third kappa shape index (κ3) is 4.52. The van der Waals surface area contributed by atoms with Gasteiger partial charge in [-0.25, -0.2) is 27.9 Å². The number of hydrogen-bond donors (Lipinski definition) is 1. The van der Waals surface area contributed by atoms with E-state index in [1.54, 1.807) is 13.8 Å². The predicted octanol–water partition coefficient (Wildman–Crippen LogP) is 2.98. The van der Waals surface area contributed by atoms with Gasteiger partial charge in [0.15, 0.2) is 0 Å². The minimum atomic E-state index is -3.60. The van der Waals surface area contributed by atoms with E-state index >= 15 is 0 Å². The van der Waals surface area contributed by atoms with Crippen LogP contribution in [0.1, 0.15) is 35.6 Å². The molecule has 0 saturated heterocycles. The largest absolute Gasteiger partial charge is 0.456 e. The Balaban J connectivity index is 1.71. The molecule has 8 heteroatoms. The lowest BCUT2D eigenvalue weighted by Crippen LogP contribution is -2.30. The first-order valence-electron chi connectivity index (χ1n) is 8.78. The van der Waals surface area contributed by atoms with Gasteiger partial charge in [-0.2, -0.15) is 0 Å². The van der Waals surface area contributed by atoms with Gasteiger partial charge in [0.05, 0.1) is 32.9 Å². The van der Waals surface area contributed by atoms with Gasteiger partial charge in [-0.05, 0) is 57.2 Å². The molecule has 0 radical (unpaired) electrons. The van der Waals surface area contributed by atoms with E-state index in [1.165, 1.54) is 24.3 Å². The van der Waals surface area contributed by atoms with Gasteiger partial charge in [0, 0.05) is 6.04 Å². The highest BCUT2D eigenvalue weighted by molar-refractivity contribution is 7.89. The Morgan fingerprint density at radius 1 is 1.04 bits per heavy atom. The summed E-state index contributed by atoms with van der Waals surface area (Å²) in [6, 6.07) is 12.9. The standard InChI is InChI=1S/C20H21N3O4S/c1-13(2)23-28(25,26)16-10-8-15(9-11-16)20(24)27-12-19-14(3)21-17-6-4-5-7-18(17)22-19/h4-11,13,23H,12H2,1-3H3. The number of hydrogen-bond acceptors (Lipinski definition) is 6. The van der Waals surface area contributed by atoms with E-state index in [4.69, 9.17) is 4.74 Å². The minimum absolute atomic E-state index is 0.0164. The van der Waals surface area contributed by atoms with E-state index in [0.717, 1.165) is 11.0 Å². The molecule has 0 fully saturated rings. The number of benzene rings is 2. The Labute approximate surface area is 163 Å². The Hall–Kier alpha value is -2.84. The van der Waals surface area contributed by atoms with E-state index < -0.39 is 16.0 Å². The number of carbonyl (C=O) groups excluding carboxylic acids is 1. The van der Waals surface area contributed by atoms with Crippen molar-refractivity contribution in [2.24, 2.45) is 0 Å². The van der Waals surface area contributed by atoms with Crippen LogP contribution in [0.3, 0.4) is 0 Å². The van der Waals surface area contributed by atoms with E-state index in [0.29, 0.717) is 11.4 Å². The summed E-state index contributed by atoms with van der Waals surface area (Å²) in [6.07, 6.45) is 0. The van der Waals surface area contributed by atoms with Crippen LogP contribution in [0.5, 0.6) is 0 Å². The van der Waals surface area contributed by atoms with E-state index in [1.807, 2.05) is 31.2 Å². The molecule has 28 heavy (non-hydrogen) atoms. The van der Waals surface area contributed by atoms with Crippen LogP contribution in [0.15, 0.2) is 53.4 Å². The van der Waals surface area contributed by atoms with Gasteiger partial charge >= 0.3 is 5.97 Å². The molecular formula is C20H21N3O4S. The molecule has 0 bridgehead atoms. The molecule has 1 heterocycles. The van der Waals surface area contributed by atoms with Crippen molar-refractivity contribution in [2.75, 3.05) is 0 Å². The van der Waals surface area contributed by atoms with Crippen molar-refractivity contribution in [2.45, 2.75) is 38.3 Å². The highest BCUT2D eigenvalue weighted by Crippen LogP contribution is 2.15. The fourth-order valence-electron chi connectivity index (χ4n) is 2.63. The van der Waals surface area contributed by atoms with Gasteiger partial charge in [0.1, 0.15) is 6.61 Å². The minimum Gasteiger partial charge on any atom is -0.456 e. The smallest absolute Gasteiger partial charge is 0.338 e. The molecule has 1 N–H and O–H groups in total. The molecule has 0 spiro atoms. The number of esters is 1. The molecule has 2 aromatic carbocycles. The van der Waals surface area contributed by atoms with Gasteiger partial charge in [-0.3, -0.25) is 0 Å². The van der Waals surface area contributed by atoms with Crippen molar-refractivity contribution in [3.8, 4) is 0 Å². The lowest BCUT2D eigenvalue weighted by molar-refractivity contribution is 0.0467. The number of nitrogens with zero attached hydrogens (tertiary/aromatic N) is 2. The van der Waals surface area contributed by atoms with Crippen molar-refractivity contribution in [1.82, 2.24) is 14.7 Å². The lowest BCUT2D eigenvalue weighted by atomic mass is 10.2. The van der Waals surface area contributed by atoms with E-state index in [9.17, 15) is 13.2 Å². The van der Waals surface area contributed by atoms with Crippen LogP contribution >= 0.6 is 0 Å². The molecule has 0 unspecified atom stereocenters. The van der Waals surface area contributed by atoms with Crippen LogP contribution in [-0.4, -0.2) is 30.4 Å². The van der Waals surface area contributed by atoms with Gasteiger partial charge < -0.3 is 4.74 Å². The van der Waals surface area contributed by atoms with Gasteiger partial charge in [-0.1, -0.05) is 12.1 Å². The van der Waals surface area contributed by atoms with Crippen LogP contribution in [0, 0.1) is 6.92 Å². The van der Waals surface area contributed by atoms with E-state index in [2.05, 4.69) is 14.7 Å². The second kappa shape index (κ2) is 8.04. The van der Waals surface area contributed by atoms with Gasteiger partial charge in [0.25, 0.3) is 0 Å². The maximum absolute atomic E-state index is 12.3. The molecule has 0 aliphatic heterocycles. The molecule has 0 atom stereocenters. The first-order chi connectivity index (χ1) is 13.3.